The molecule has 0 aliphatic rings. The van der Waals surface area contributed by atoms with Crippen molar-refractivity contribution in [2.45, 2.75) is 0 Å². The molecule has 0 N–H and O–H groups in total. The minimum atomic E-state index is -2.51. The van der Waals surface area contributed by atoms with Crippen LogP contribution in [0.1, 0.15) is 0 Å². The van der Waals surface area contributed by atoms with Gasteiger partial charge in [-0.2, -0.15) is 0 Å². The van der Waals surface area contributed by atoms with Crippen LogP contribution < -0.4 is 0 Å². The van der Waals surface area contributed by atoms with Crippen LogP contribution in [-0.4, -0.2) is 0 Å². The van der Waals surface area contributed by atoms with Crippen molar-refractivity contribution in [2.75, 3.05) is 0 Å². The third kappa shape index (κ3) is 83.9. The average molecular weight is 403 g/mol. The predicted molar refractivity (Wildman–Crippen MR) is 2.75 cm³/mol. The summed E-state index contributed by atoms with van der Waals surface area (Å²) in [5.74, 6) is 0. The van der Waals surface area contributed by atoms with Crippen LogP contribution in [0.5, 0.6) is 0 Å². The van der Waals surface area contributed by atoms with Crippen molar-refractivity contribution >= 4 is 0 Å². The molecule has 0 aromatic carbocycles. The number of hydrogen-bond donors (Lipinski definition) is 0. The van der Waals surface area contributed by atoms with Gasteiger partial charge in [0, 0.05) is 16.8 Å². The number of rotatable bonds is 0. The van der Waals surface area contributed by atoms with Gasteiger partial charge in [0.15, 0.2) is 0 Å². The van der Waals surface area contributed by atoms with E-state index in [1.807, 2.05) is 0 Å². The molecular formula is CoO4ThTi. The standard InChI is InChI=1S/Co.4O.Th.Ti. The molecule has 0 aliphatic heterocycles. The van der Waals surface area contributed by atoms with E-state index in [9.17, 15) is 0 Å². The zero-order valence-electron chi connectivity index (χ0n) is 2.97. The Morgan fingerprint density at radius 1 is 1.14 bits per heavy atom. The predicted octanol–water partition coefficient (Wildman–Crippen LogP) is -0.480. The normalized spacial score (nSPS) is 2.29. The van der Waals surface area contributed by atoms with Crippen LogP contribution in [0.25, 0.3) is 0 Å². The molecule has 0 unspecified atom stereocenters. The zero-order chi connectivity index (χ0) is 5.41. The molecule has 0 rings (SSSR count). The van der Waals surface area contributed by atoms with Gasteiger partial charge < -0.3 is 0 Å². The van der Waals surface area contributed by atoms with E-state index >= 15 is 0 Å². The zero-order valence-corrected chi connectivity index (χ0v) is 9.68. The van der Waals surface area contributed by atoms with Crippen molar-refractivity contribution in [3.8, 4) is 0 Å². The van der Waals surface area contributed by atoms with Crippen molar-refractivity contribution in [2.24, 2.45) is 0 Å². The van der Waals surface area contributed by atoms with Crippen LogP contribution in [0.3, 0.4) is 0 Å². The second kappa shape index (κ2) is 25.1. The third-order valence-corrected chi connectivity index (χ3v) is 0. The maximum absolute atomic E-state index is 8.58. The van der Waals surface area contributed by atoms with Gasteiger partial charge in [-0.1, -0.05) is 0 Å². The molecular weight excluding hydrogens is 403 g/mol. The third-order valence-electron chi connectivity index (χ3n) is 0. The number of hydrogen-bond acceptors (Lipinski definition) is 4. The monoisotopic (exact) mass is 403 g/mol. The Balaban J connectivity index is -0.0000000400. The Kier molecular flexibility index (Phi) is 57.0. The van der Waals surface area contributed by atoms with Crippen molar-refractivity contribution in [3.63, 3.8) is 0 Å². The molecule has 0 heterocycles. The van der Waals surface area contributed by atoms with E-state index in [1.165, 1.54) is 0 Å². The fraction of sp³-hybridized carbons (Fsp3) is 0. The molecule has 0 saturated heterocycles. The summed E-state index contributed by atoms with van der Waals surface area (Å²) in [5.41, 5.74) is 0. The first kappa shape index (κ1) is 15.9. The van der Waals surface area contributed by atoms with E-state index in [1.54, 1.807) is 0 Å². The van der Waals surface area contributed by atoms with Crippen LogP contribution >= 0.6 is 0 Å². The molecule has 0 aromatic rings. The van der Waals surface area contributed by atoms with Crippen LogP contribution in [0, 0.1) is 36.1 Å². The Morgan fingerprint density at radius 3 is 1.14 bits per heavy atom. The van der Waals surface area contributed by atoms with E-state index in [2.05, 4.69) is 0 Å². The molecule has 41 valence electrons. The van der Waals surface area contributed by atoms with Gasteiger partial charge in [0.05, 0.1) is 0 Å². The Labute approximate surface area is 79.4 Å². The second-order valence-corrected chi connectivity index (χ2v) is 1.11. The SMILES string of the molecule is [Co].[O]=[Th]=[O].[O]=[Ti]=[O]. The molecule has 0 aliphatic carbocycles. The Bertz CT molecular complexity index is 65.7. The topological polar surface area (TPSA) is 68.3 Å². The van der Waals surface area contributed by atoms with Gasteiger partial charge in [-0.05, 0) is 0 Å². The first-order chi connectivity index (χ1) is 2.83. The molecule has 0 amide bonds. The summed E-state index contributed by atoms with van der Waals surface area (Å²) in [6.07, 6.45) is 0. The van der Waals surface area contributed by atoms with E-state index in [0.29, 0.717) is 0 Å². The summed E-state index contributed by atoms with van der Waals surface area (Å²) >= 11 is -4.51. The van der Waals surface area contributed by atoms with Crippen LogP contribution in [0.15, 0.2) is 0 Å². The summed E-state index contributed by atoms with van der Waals surface area (Å²) in [5, 5.41) is 0. The molecule has 0 atom stereocenters. The van der Waals surface area contributed by atoms with Gasteiger partial charge in [-0.25, -0.2) is 0 Å². The summed E-state index contributed by atoms with van der Waals surface area (Å²) in [6, 6.07) is 0. The molecule has 0 fully saturated rings. The average Bonchev–Trinajstić information content (AvgIpc) is 1.39. The van der Waals surface area contributed by atoms with Gasteiger partial charge in [-0.3, -0.25) is 0 Å². The van der Waals surface area contributed by atoms with E-state index < -0.39 is 55.2 Å². The molecule has 0 bridgehead atoms. The molecule has 4 nitrogen and oxygen atoms in total. The first-order valence-electron chi connectivity index (χ1n) is 0.816. The van der Waals surface area contributed by atoms with Gasteiger partial charge in [0.25, 0.3) is 0 Å². The van der Waals surface area contributed by atoms with Crippen LogP contribution in [-0.2, 0) is 44.8 Å². The molecule has 7 heavy (non-hydrogen) atoms. The molecule has 0 spiro atoms. The van der Waals surface area contributed by atoms with E-state index in [4.69, 9.17) is 8.97 Å². The summed E-state index contributed by atoms with van der Waals surface area (Å²) in [7, 11) is 0. The first-order valence-corrected chi connectivity index (χ1v) is 5.45. The minimum absolute atomic E-state index is 0. The molecule has 0 saturated carbocycles. The van der Waals surface area contributed by atoms with Crippen LogP contribution in [0.2, 0.25) is 0 Å². The van der Waals surface area contributed by atoms with Gasteiger partial charge in [-0.15, -0.1) is 0 Å². The Morgan fingerprint density at radius 2 is 1.14 bits per heavy atom. The summed E-state index contributed by atoms with van der Waals surface area (Å²) in [6.45, 7) is 0. The van der Waals surface area contributed by atoms with Crippen molar-refractivity contribution in [1.82, 2.24) is 0 Å². The molecule has 1 radical (unpaired) electrons. The maximum atomic E-state index is 8.58. The quantitative estimate of drug-likeness (QED) is 0.513. The van der Waals surface area contributed by atoms with Gasteiger partial charge >= 0.3 is 64.2 Å². The van der Waals surface area contributed by atoms with E-state index in [0.717, 1.165) is 0 Å². The van der Waals surface area contributed by atoms with E-state index in [-0.39, 0.29) is 16.8 Å². The van der Waals surface area contributed by atoms with Crippen molar-refractivity contribution < 1.29 is 80.9 Å². The Hall–Kier alpha value is 1.75. The van der Waals surface area contributed by atoms with Crippen LogP contribution in [0.4, 0.5) is 0 Å². The summed E-state index contributed by atoms with van der Waals surface area (Å²) < 4.78 is 34.2. The van der Waals surface area contributed by atoms with Crippen molar-refractivity contribution in [1.29, 1.82) is 0 Å². The van der Waals surface area contributed by atoms with Gasteiger partial charge in [0.1, 0.15) is 0 Å². The fourth-order valence-electron chi connectivity index (χ4n) is 0. The summed E-state index contributed by atoms with van der Waals surface area (Å²) in [4.78, 5) is 0. The van der Waals surface area contributed by atoms with Gasteiger partial charge in [0.2, 0.25) is 0 Å². The second-order valence-electron chi connectivity index (χ2n) is 0.167. The molecule has 0 aromatic heterocycles. The molecule has 7 heteroatoms. The van der Waals surface area contributed by atoms with Crippen molar-refractivity contribution in [3.05, 3.63) is 0 Å². The fourth-order valence-corrected chi connectivity index (χ4v) is 0.